The third-order valence-electron chi connectivity index (χ3n) is 4.31. The molecule has 1 aliphatic rings. The summed E-state index contributed by atoms with van der Waals surface area (Å²) < 4.78 is 6.06. The molecule has 0 aliphatic carbocycles. The van der Waals surface area contributed by atoms with Crippen molar-refractivity contribution in [2.24, 2.45) is 0 Å². The second kappa shape index (κ2) is 4.25. The van der Waals surface area contributed by atoms with Crippen molar-refractivity contribution in [1.82, 2.24) is 9.88 Å². The van der Waals surface area contributed by atoms with Crippen molar-refractivity contribution in [1.29, 1.82) is 0 Å². The lowest BCUT2D eigenvalue weighted by atomic mass is 10.1. The second-order valence-electron chi connectivity index (χ2n) is 5.57. The molecule has 1 atom stereocenters. The fourth-order valence-corrected chi connectivity index (χ4v) is 2.96. The predicted molar refractivity (Wildman–Crippen MR) is 85.1 cm³/mol. The summed E-state index contributed by atoms with van der Waals surface area (Å²) >= 11 is 0. The number of hydrogen-bond acceptors (Lipinski definition) is 4. The van der Waals surface area contributed by atoms with Crippen molar-refractivity contribution < 1.29 is 4.42 Å². The number of benzene rings is 1. The van der Waals surface area contributed by atoms with Crippen LogP contribution in [0.1, 0.15) is 12.5 Å². The lowest BCUT2D eigenvalue weighted by Gasteiger charge is -2.28. The number of nitrogens with zero attached hydrogens (tertiary/aromatic N) is 3. The lowest BCUT2D eigenvalue weighted by Crippen LogP contribution is -2.33. The van der Waals surface area contributed by atoms with E-state index in [1.165, 1.54) is 5.56 Å². The molecule has 0 saturated carbocycles. The van der Waals surface area contributed by atoms with Crippen molar-refractivity contribution in [2.75, 3.05) is 11.9 Å². The number of anilines is 1. The molecule has 0 radical (unpaired) electrons. The van der Waals surface area contributed by atoms with Gasteiger partial charge in [0.15, 0.2) is 5.58 Å². The number of furan rings is 1. The third-order valence-corrected chi connectivity index (χ3v) is 4.31. The van der Waals surface area contributed by atoms with Gasteiger partial charge in [-0.15, -0.1) is 0 Å². The molecule has 3 aromatic rings. The normalized spacial score (nSPS) is 18.3. The SMILES string of the molecule is Cc1ccc2c(oc3ncccc32)c1N1C=CN(C)C1C. The van der Waals surface area contributed by atoms with Gasteiger partial charge >= 0.3 is 0 Å². The highest BCUT2D eigenvalue weighted by Crippen LogP contribution is 2.38. The molecular weight excluding hydrogens is 262 g/mol. The van der Waals surface area contributed by atoms with Crippen LogP contribution in [0.25, 0.3) is 22.1 Å². The quantitative estimate of drug-likeness (QED) is 0.677. The maximum absolute atomic E-state index is 6.06. The van der Waals surface area contributed by atoms with Crippen molar-refractivity contribution in [2.45, 2.75) is 20.0 Å². The van der Waals surface area contributed by atoms with Crippen molar-refractivity contribution >= 4 is 27.8 Å². The Morgan fingerprint density at radius 3 is 2.76 bits per heavy atom. The van der Waals surface area contributed by atoms with E-state index in [0.29, 0.717) is 5.71 Å². The van der Waals surface area contributed by atoms with Gasteiger partial charge in [-0.2, -0.15) is 0 Å². The van der Waals surface area contributed by atoms with E-state index < -0.39 is 0 Å². The van der Waals surface area contributed by atoms with Crippen LogP contribution in [-0.2, 0) is 0 Å². The first-order valence-corrected chi connectivity index (χ1v) is 7.12. The van der Waals surface area contributed by atoms with Gasteiger partial charge in [-0.05, 0) is 31.5 Å². The maximum Gasteiger partial charge on any atom is 0.227 e. The number of fused-ring (bicyclic) bond motifs is 3. The first-order valence-electron chi connectivity index (χ1n) is 7.12. The number of hydrogen-bond donors (Lipinski definition) is 0. The zero-order chi connectivity index (χ0) is 14.6. The number of aromatic nitrogens is 1. The zero-order valence-corrected chi connectivity index (χ0v) is 12.4. The van der Waals surface area contributed by atoms with Crippen LogP contribution >= 0.6 is 0 Å². The Morgan fingerprint density at radius 2 is 2.00 bits per heavy atom. The first-order chi connectivity index (χ1) is 10.2. The van der Waals surface area contributed by atoms with Gasteiger partial charge in [0.05, 0.1) is 5.69 Å². The average Bonchev–Trinajstić information content (AvgIpc) is 3.01. The van der Waals surface area contributed by atoms with Crippen LogP contribution in [0.15, 0.2) is 47.3 Å². The number of pyridine rings is 1. The van der Waals surface area contributed by atoms with E-state index in [-0.39, 0.29) is 6.17 Å². The summed E-state index contributed by atoms with van der Waals surface area (Å²) in [6.45, 7) is 4.30. The predicted octanol–water partition coefficient (Wildman–Crippen LogP) is 3.86. The smallest absolute Gasteiger partial charge is 0.227 e. The Hall–Kier alpha value is -2.49. The molecule has 0 N–H and O–H groups in total. The Morgan fingerprint density at radius 1 is 1.14 bits per heavy atom. The summed E-state index contributed by atoms with van der Waals surface area (Å²) in [5.74, 6) is 0. The van der Waals surface area contributed by atoms with Gasteiger partial charge in [0.1, 0.15) is 6.17 Å². The molecule has 0 bridgehead atoms. The third kappa shape index (κ3) is 1.65. The fourth-order valence-electron chi connectivity index (χ4n) is 2.96. The maximum atomic E-state index is 6.06. The summed E-state index contributed by atoms with van der Waals surface area (Å²) in [6.07, 6.45) is 6.23. The van der Waals surface area contributed by atoms with Crippen LogP contribution in [0.4, 0.5) is 5.69 Å². The number of rotatable bonds is 1. The Kier molecular flexibility index (Phi) is 2.48. The minimum absolute atomic E-state index is 0.274. The Labute approximate surface area is 123 Å². The second-order valence-corrected chi connectivity index (χ2v) is 5.57. The van der Waals surface area contributed by atoms with E-state index >= 15 is 0 Å². The minimum atomic E-state index is 0.274. The van der Waals surface area contributed by atoms with Crippen LogP contribution in [0.5, 0.6) is 0 Å². The molecule has 3 heterocycles. The molecule has 0 fully saturated rings. The van der Waals surface area contributed by atoms with Crippen LogP contribution in [0, 0.1) is 6.92 Å². The topological polar surface area (TPSA) is 32.5 Å². The van der Waals surface area contributed by atoms with E-state index in [4.69, 9.17) is 4.42 Å². The van der Waals surface area contributed by atoms with E-state index in [9.17, 15) is 0 Å². The standard InChI is InChI=1S/C17H17N3O/c1-11-6-7-13-14-5-4-8-18-17(14)21-16(13)15(11)20-10-9-19(3)12(20)2/h4-10,12H,1-3H3. The zero-order valence-electron chi connectivity index (χ0n) is 12.4. The molecule has 2 aromatic heterocycles. The van der Waals surface area contributed by atoms with Gasteiger partial charge in [0.2, 0.25) is 5.71 Å². The molecule has 4 heteroatoms. The molecule has 0 saturated heterocycles. The molecule has 4 rings (SSSR count). The van der Waals surface area contributed by atoms with Gasteiger partial charge in [-0.25, -0.2) is 4.98 Å². The summed E-state index contributed by atoms with van der Waals surface area (Å²) in [6, 6.07) is 8.28. The molecule has 106 valence electrons. The average molecular weight is 279 g/mol. The van der Waals surface area contributed by atoms with Crippen molar-refractivity contribution in [3.05, 3.63) is 48.4 Å². The van der Waals surface area contributed by atoms with Gasteiger partial charge < -0.3 is 14.2 Å². The van der Waals surface area contributed by atoms with Crippen molar-refractivity contribution in [3.63, 3.8) is 0 Å². The summed E-state index contributed by atoms with van der Waals surface area (Å²) in [5.41, 5.74) is 3.94. The molecule has 0 spiro atoms. The van der Waals surface area contributed by atoms with Gasteiger partial charge in [-0.3, -0.25) is 0 Å². The van der Waals surface area contributed by atoms with Gasteiger partial charge in [-0.1, -0.05) is 12.1 Å². The molecular formula is C17H17N3O. The van der Waals surface area contributed by atoms with Crippen LogP contribution < -0.4 is 4.90 Å². The van der Waals surface area contributed by atoms with E-state index in [1.807, 2.05) is 6.07 Å². The van der Waals surface area contributed by atoms with Gasteiger partial charge in [0.25, 0.3) is 0 Å². The number of aryl methyl sites for hydroxylation is 1. The highest BCUT2D eigenvalue weighted by molar-refractivity contribution is 6.08. The Balaban J connectivity index is 2.04. The minimum Gasteiger partial charge on any atom is -0.435 e. The first kappa shape index (κ1) is 12.3. The summed E-state index contributed by atoms with van der Waals surface area (Å²) in [7, 11) is 2.08. The summed E-state index contributed by atoms with van der Waals surface area (Å²) in [4.78, 5) is 8.77. The molecule has 4 nitrogen and oxygen atoms in total. The highest BCUT2D eigenvalue weighted by atomic mass is 16.3. The van der Waals surface area contributed by atoms with E-state index in [2.05, 4.69) is 66.3 Å². The molecule has 21 heavy (non-hydrogen) atoms. The molecule has 1 aliphatic heterocycles. The van der Waals surface area contributed by atoms with Crippen LogP contribution in [0.3, 0.4) is 0 Å². The van der Waals surface area contributed by atoms with Gasteiger partial charge in [0, 0.05) is 36.4 Å². The van der Waals surface area contributed by atoms with E-state index in [0.717, 1.165) is 22.0 Å². The molecule has 0 amide bonds. The monoisotopic (exact) mass is 279 g/mol. The summed E-state index contributed by atoms with van der Waals surface area (Å²) in [5, 5.41) is 2.19. The lowest BCUT2D eigenvalue weighted by molar-refractivity contribution is 0.383. The largest absolute Gasteiger partial charge is 0.435 e. The highest BCUT2D eigenvalue weighted by Gasteiger charge is 2.25. The van der Waals surface area contributed by atoms with Crippen LogP contribution in [-0.4, -0.2) is 23.1 Å². The molecule has 1 unspecified atom stereocenters. The molecule has 1 aromatic carbocycles. The Bertz CT molecular complexity index is 865. The van der Waals surface area contributed by atoms with Crippen molar-refractivity contribution in [3.8, 4) is 0 Å². The fraction of sp³-hybridized carbons (Fsp3) is 0.235. The van der Waals surface area contributed by atoms with Crippen LogP contribution in [0.2, 0.25) is 0 Å². The van der Waals surface area contributed by atoms with E-state index in [1.54, 1.807) is 6.20 Å².